The molecule has 0 amide bonds. The maximum absolute atomic E-state index is 7.83. The Labute approximate surface area is 376 Å². The fourth-order valence-corrected chi connectivity index (χ4v) is 12.0. The summed E-state index contributed by atoms with van der Waals surface area (Å²) >= 11 is 0. The third kappa shape index (κ3) is 5.96. The first-order valence-corrected chi connectivity index (χ1v) is 23.1. The van der Waals surface area contributed by atoms with Gasteiger partial charge in [-0.05, 0) is 175 Å². The zero-order chi connectivity index (χ0) is 42.8. The van der Waals surface area contributed by atoms with Crippen LogP contribution in [-0.4, -0.2) is 12.3 Å². The number of nitrogens with zero attached hydrogens (tertiary/aromatic N) is 1. The van der Waals surface area contributed by atoms with Gasteiger partial charge in [0.1, 0.15) is 0 Å². The molecule has 12 rings (SSSR count). The lowest BCUT2D eigenvalue weighted by Gasteiger charge is -2.42. The van der Waals surface area contributed by atoms with Gasteiger partial charge in [-0.3, -0.25) is 0 Å². The van der Waals surface area contributed by atoms with Crippen molar-refractivity contribution in [2.45, 2.75) is 56.4 Å². The van der Waals surface area contributed by atoms with Crippen molar-refractivity contribution in [3.63, 3.8) is 0 Å². The molecule has 0 bridgehead atoms. The Morgan fingerprint density at radius 1 is 0.594 bits per heavy atom. The van der Waals surface area contributed by atoms with Crippen LogP contribution < -0.4 is 4.90 Å². The summed E-state index contributed by atoms with van der Waals surface area (Å²) < 4.78 is 0. The second kappa shape index (κ2) is 15.5. The van der Waals surface area contributed by atoms with E-state index >= 15 is 0 Å². The molecule has 0 radical (unpaired) electrons. The topological polar surface area (TPSA) is 27.1 Å². The van der Waals surface area contributed by atoms with Crippen LogP contribution in [0.4, 0.5) is 11.4 Å². The largest absolute Gasteiger partial charge is 0.337 e. The molecule has 4 aliphatic carbocycles. The quantitative estimate of drug-likeness (QED) is 0.0968. The average Bonchev–Trinajstić information content (AvgIpc) is 3.63. The Morgan fingerprint density at radius 2 is 1.33 bits per heavy atom. The number of nitrogens with one attached hydrogen (secondary N) is 1. The number of rotatable bonds is 7. The molecule has 0 heterocycles. The van der Waals surface area contributed by atoms with Crippen LogP contribution in [0.5, 0.6) is 0 Å². The van der Waals surface area contributed by atoms with Crippen molar-refractivity contribution >= 4 is 50.8 Å². The average molecular weight is 823 g/mol. The number of benzene rings is 8. The van der Waals surface area contributed by atoms with Crippen molar-refractivity contribution in [2.24, 2.45) is 0 Å². The molecule has 2 heteroatoms. The van der Waals surface area contributed by atoms with E-state index in [0.29, 0.717) is 0 Å². The molecule has 4 aliphatic rings. The number of anilines is 2. The molecule has 1 N–H and O–H groups in total. The molecule has 64 heavy (non-hydrogen) atoms. The van der Waals surface area contributed by atoms with Crippen LogP contribution >= 0.6 is 0 Å². The molecule has 0 aromatic heterocycles. The normalized spacial score (nSPS) is 19.4. The van der Waals surface area contributed by atoms with Crippen LogP contribution in [-0.2, 0) is 11.8 Å². The van der Waals surface area contributed by atoms with Gasteiger partial charge in [0, 0.05) is 29.5 Å². The first-order chi connectivity index (χ1) is 31.6. The zero-order valence-corrected chi connectivity index (χ0v) is 36.3. The minimum absolute atomic E-state index is 0.221. The minimum Gasteiger partial charge on any atom is -0.337 e. The first-order valence-electron chi connectivity index (χ1n) is 23.1. The second-order valence-electron chi connectivity index (χ2n) is 18.1. The van der Waals surface area contributed by atoms with E-state index in [0.717, 1.165) is 32.1 Å². The minimum atomic E-state index is -0.422. The number of fused-ring (bicyclic) bond motifs is 12. The SMILES string of the molecule is Cc1c(/C=C\C=N)c2ccccc2c2cc3c(cc12)-c1ccccc1CC31c2ccccc2-c2ccc(N(c3ccc(C4=CCCC=C4)cc3)C3CCC=C[C@H]3c3ccccc3)cc21. The molecule has 2 unspecified atom stereocenters. The second-order valence-corrected chi connectivity index (χ2v) is 18.1. The number of hydrogen-bond acceptors (Lipinski definition) is 2. The van der Waals surface area contributed by atoms with Crippen LogP contribution in [0, 0.1) is 12.3 Å². The van der Waals surface area contributed by atoms with Gasteiger partial charge in [-0.2, -0.15) is 0 Å². The van der Waals surface area contributed by atoms with Gasteiger partial charge in [-0.15, -0.1) is 0 Å². The third-order valence-corrected chi connectivity index (χ3v) is 14.9. The summed E-state index contributed by atoms with van der Waals surface area (Å²) in [7, 11) is 0. The highest BCUT2D eigenvalue weighted by atomic mass is 15.2. The van der Waals surface area contributed by atoms with Crippen LogP contribution in [0.2, 0.25) is 0 Å². The van der Waals surface area contributed by atoms with Gasteiger partial charge in [-0.25, -0.2) is 0 Å². The highest BCUT2D eigenvalue weighted by Crippen LogP contribution is 2.60. The number of hydrogen-bond donors (Lipinski definition) is 1. The van der Waals surface area contributed by atoms with E-state index < -0.39 is 5.41 Å². The van der Waals surface area contributed by atoms with Gasteiger partial charge in [0.2, 0.25) is 0 Å². The highest BCUT2D eigenvalue weighted by molar-refractivity contribution is 6.14. The van der Waals surface area contributed by atoms with E-state index in [1.807, 2.05) is 6.08 Å². The summed E-state index contributed by atoms with van der Waals surface area (Å²) in [5.41, 5.74) is 19.2. The zero-order valence-electron chi connectivity index (χ0n) is 36.3. The smallest absolute Gasteiger partial charge is 0.0511 e. The van der Waals surface area contributed by atoms with E-state index in [-0.39, 0.29) is 12.0 Å². The number of aryl methyl sites for hydroxylation is 1. The van der Waals surface area contributed by atoms with Crippen molar-refractivity contribution in [1.82, 2.24) is 0 Å². The summed E-state index contributed by atoms with van der Waals surface area (Å²) in [5.74, 6) is 0.238. The van der Waals surface area contributed by atoms with Gasteiger partial charge in [0.15, 0.2) is 0 Å². The van der Waals surface area contributed by atoms with E-state index in [4.69, 9.17) is 5.41 Å². The van der Waals surface area contributed by atoms with Crippen LogP contribution in [0.15, 0.2) is 194 Å². The van der Waals surface area contributed by atoms with E-state index in [9.17, 15) is 0 Å². The maximum Gasteiger partial charge on any atom is 0.0511 e. The standard InChI is InChI=1S/C62H50N2/c1-41-48(27-16-36-63)51-24-10-11-25-52(51)56-39-60-57(38-55(41)56)49-22-9-8-21-45(49)40-62(60)58-28-14-12-26-53(58)54-35-34-47(37-59(54)62)64(46-32-30-43(31-33-46)42-17-4-2-5-18-42)61-29-15-13-23-50(61)44-19-6-3-7-20-44/h3-4,6-14,16-28,30-39,50,61,63H,2,5,15,29,40H2,1H3/b27-16-,63-36?/t50-,61?,62?/m0/s1. The Hall–Kier alpha value is -7.29. The predicted molar refractivity (Wildman–Crippen MR) is 271 cm³/mol. The Bertz CT molecular complexity index is 3290. The van der Waals surface area contributed by atoms with Gasteiger partial charge < -0.3 is 10.3 Å². The fourth-order valence-electron chi connectivity index (χ4n) is 12.0. The summed E-state index contributed by atoms with van der Waals surface area (Å²) in [6, 6.07) is 60.5. The van der Waals surface area contributed by atoms with E-state index in [2.05, 4.69) is 206 Å². The maximum atomic E-state index is 7.83. The summed E-state index contributed by atoms with van der Waals surface area (Å²) in [4.78, 5) is 2.69. The third-order valence-electron chi connectivity index (χ3n) is 14.9. The monoisotopic (exact) mass is 822 g/mol. The first kappa shape index (κ1) is 38.4. The molecule has 0 fully saturated rings. The summed E-state index contributed by atoms with van der Waals surface area (Å²) in [6.07, 6.45) is 22.3. The molecule has 3 atom stereocenters. The summed E-state index contributed by atoms with van der Waals surface area (Å²) in [5, 5.41) is 12.8. The van der Waals surface area contributed by atoms with Crippen molar-refractivity contribution in [2.75, 3.05) is 4.90 Å². The molecule has 0 aliphatic heterocycles. The van der Waals surface area contributed by atoms with Gasteiger partial charge in [-0.1, -0.05) is 158 Å². The van der Waals surface area contributed by atoms with Gasteiger partial charge in [0.25, 0.3) is 0 Å². The Balaban J connectivity index is 1.11. The molecular weight excluding hydrogens is 773 g/mol. The fraction of sp³-hybridized carbons (Fsp3) is 0.145. The van der Waals surface area contributed by atoms with Crippen LogP contribution in [0.1, 0.15) is 76.1 Å². The van der Waals surface area contributed by atoms with Crippen molar-refractivity contribution in [3.8, 4) is 22.3 Å². The summed E-state index contributed by atoms with van der Waals surface area (Å²) in [6.45, 7) is 2.26. The molecule has 0 saturated carbocycles. The lowest BCUT2D eigenvalue weighted by atomic mass is 9.62. The molecule has 0 saturated heterocycles. The molecule has 8 aromatic carbocycles. The molecule has 2 nitrogen and oxygen atoms in total. The van der Waals surface area contributed by atoms with Crippen LogP contribution in [0.3, 0.4) is 0 Å². The molecular formula is C62H50N2. The predicted octanol–water partition coefficient (Wildman–Crippen LogP) is 15.9. The van der Waals surface area contributed by atoms with E-state index in [1.165, 1.54) is 111 Å². The van der Waals surface area contributed by atoms with Crippen molar-refractivity contribution in [1.29, 1.82) is 5.41 Å². The van der Waals surface area contributed by atoms with Crippen molar-refractivity contribution < 1.29 is 0 Å². The van der Waals surface area contributed by atoms with Gasteiger partial charge in [0.05, 0.1) is 5.41 Å². The molecule has 1 spiro atoms. The highest BCUT2D eigenvalue weighted by Gasteiger charge is 2.49. The van der Waals surface area contributed by atoms with E-state index in [1.54, 1.807) is 0 Å². The Morgan fingerprint density at radius 3 is 2.16 bits per heavy atom. The molecule has 8 aromatic rings. The number of allylic oxidation sites excluding steroid dienone is 6. The lowest BCUT2D eigenvalue weighted by Crippen LogP contribution is -2.38. The lowest BCUT2D eigenvalue weighted by molar-refractivity contribution is 0.533. The Kier molecular flexibility index (Phi) is 9.30. The van der Waals surface area contributed by atoms with Crippen LogP contribution in [0.25, 0.3) is 55.4 Å². The molecule has 308 valence electrons. The van der Waals surface area contributed by atoms with Crippen molar-refractivity contribution in [3.05, 3.63) is 239 Å². The van der Waals surface area contributed by atoms with Gasteiger partial charge >= 0.3 is 0 Å².